The van der Waals surface area contributed by atoms with Crippen LogP contribution in [0.1, 0.15) is 23.7 Å². The van der Waals surface area contributed by atoms with E-state index >= 15 is 0 Å². The van der Waals surface area contributed by atoms with Crippen molar-refractivity contribution < 1.29 is 0 Å². The van der Waals surface area contributed by atoms with E-state index in [4.69, 9.17) is 0 Å². The lowest BCUT2D eigenvalue weighted by molar-refractivity contribution is 0.170. The van der Waals surface area contributed by atoms with Crippen molar-refractivity contribution in [2.75, 3.05) is 19.6 Å². The van der Waals surface area contributed by atoms with Gasteiger partial charge >= 0.3 is 0 Å². The Balaban J connectivity index is 1.90. The monoisotopic (exact) mass is 239 g/mol. The maximum atomic E-state index is 4.31. The highest BCUT2D eigenvalue weighted by molar-refractivity contribution is 7.11. The standard InChI is InChI=1S/C12H21N3S/c1-9(2)12-8-15(5-4-13-12)7-11-6-14-10(3)16-11/h6,9,12-13H,4-5,7-8H2,1-3H3. The number of piperazine rings is 1. The van der Waals surface area contributed by atoms with E-state index in [2.05, 4.69) is 36.0 Å². The second kappa shape index (κ2) is 5.25. The first kappa shape index (κ1) is 12.0. The van der Waals surface area contributed by atoms with Gasteiger partial charge in [-0.15, -0.1) is 11.3 Å². The fourth-order valence-electron chi connectivity index (χ4n) is 2.13. The van der Waals surface area contributed by atoms with Crippen molar-refractivity contribution in [1.82, 2.24) is 15.2 Å². The highest BCUT2D eigenvalue weighted by atomic mass is 32.1. The van der Waals surface area contributed by atoms with Gasteiger partial charge in [0.15, 0.2) is 0 Å². The molecule has 1 aromatic heterocycles. The van der Waals surface area contributed by atoms with Crippen LogP contribution in [-0.4, -0.2) is 35.6 Å². The number of aromatic nitrogens is 1. The second-order valence-corrected chi connectivity index (χ2v) is 6.20. The minimum Gasteiger partial charge on any atom is -0.311 e. The Hall–Kier alpha value is -0.450. The fraction of sp³-hybridized carbons (Fsp3) is 0.750. The third-order valence-electron chi connectivity index (χ3n) is 3.14. The number of hydrogen-bond acceptors (Lipinski definition) is 4. The van der Waals surface area contributed by atoms with Gasteiger partial charge in [0.05, 0.1) is 5.01 Å². The van der Waals surface area contributed by atoms with Crippen LogP contribution < -0.4 is 5.32 Å². The molecule has 1 aliphatic heterocycles. The Morgan fingerprint density at radius 1 is 1.62 bits per heavy atom. The molecule has 1 fully saturated rings. The largest absolute Gasteiger partial charge is 0.311 e. The Morgan fingerprint density at radius 3 is 3.06 bits per heavy atom. The van der Waals surface area contributed by atoms with Crippen molar-refractivity contribution in [1.29, 1.82) is 0 Å². The van der Waals surface area contributed by atoms with Gasteiger partial charge in [0.25, 0.3) is 0 Å². The van der Waals surface area contributed by atoms with Crippen LogP contribution in [0.15, 0.2) is 6.20 Å². The molecule has 0 radical (unpaired) electrons. The molecule has 0 saturated carbocycles. The van der Waals surface area contributed by atoms with Crippen molar-refractivity contribution in [3.8, 4) is 0 Å². The van der Waals surface area contributed by atoms with Gasteiger partial charge in [0.2, 0.25) is 0 Å². The number of hydrogen-bond donors (Lipinski definition) is 1. The highest BCUT2D eigenvalue weighted by Crippen LogP contribution is 2.16. The molecule has 0 spiro atoms. The Bertz CT molecular complexity index is 335. The van der Waals surface area contributed by atoms with Crippen molar-refractivity contribution in [3.05, 3.63) is 16.1 Å². The molecule has 1 saturated heterocycles. The molecule has 3 nitrogen and oxygen atoms in total. The summed E-state index contributed by atoms with van der Waals surface area (Å²) < 4.78 is 0. The van der Waals surface area contributed by atoms with E-state index in [0.717, 1.165) is 26.2 Å². The zero-order chi connectivity index (χ0) is 11.5. The molecule has 0 aromatic carbocycles. The summed E-state index contributed by atoms with van der Waals surface area (Å²) in [6.45, 7) is 11.1. The van der Waals surface area contributed by atoms with E-state index < -0.39 is 0 Å². The lowest BCUT2D eigenvalue weighted by Gasteiger charge is -2.35. The van der Waals surface area contributed by atoms with Crippen LogP contribution in [0.3, 0.4) is 0 Å². The van der Waals surface area contributed by atoms with E-state index in [1.165, 1.54) is 9.88 Å². The molecule has 0 amide bonds. The number of rotatable bonds is 3. The van der Waals surface area contributed by atoms with Gasteiger partial charge < -0.3 is 5.32 Å². The molecule has 1 aromatic rings. The molecule has 2 heterocycles. The van der Waals surface area contributed by atoms with Crippen LogP contribution in [-0.2, 0) is 6.54 Å². The Morgan fingerprint density at radius 2 is 2.44 bits per heavy atom. The van der Waals surface area contributed by atoms with Gasteiger partial charge in [0, 0.05) is 43.3 Å². The van der Waals surface area contributed by atoms with Crippen LogP contribution in [0.2, 0.25) is 0 Å². The maximum Gasteiger partial charge on any atom is 0.0897 e. The molecule has 1 N–H and O–H groups in total. The van der Waals surface area contributed by atoms with E-state index in [1.807, 2.05) is 17.5 Å². The quantitative estimate of drug-likeness (QED) is 0.873. The second-order valence-electron chi connectivity index (χ2n) is 4.89. The van der Waals surface area contributed by atoms with Crippen molar-refractivity contribution in [3.63, 3.8) is 0 Å². The number of aryl methyl sites for hydroxylation is 1. The third-order valence-corrected chi connectivity index (χ3v) is 4.04. The number of thiazole rings is 1. The molecule has 4 heteroatoms. The highest BCUT2D eigenvalue weighted by Gasteiger charge is 2.21. The normalized spacial score (nSPS) is 22.9. The van der Waals surface area contributed by atoms with E-state index in [1.54, 1.807) is 0 Å². The minimum absolute atomic E-state index is 0.641. The molecular weight excluding hydrogens is 218 g/mol. The lowest BCUT2D eigenvalue weighted by atomic mass is 10.0. The molecule has 1 atom stereocenters. The molecule has 0 aliphatic carbocycles. The van der Waals surface area contributed by atoms with Crippen molar-refractivity contribution in [2.24, 2.45) is 5.92 Å². The summed E-state index contributed by atoms with van der Waals surface area (Å²) in [7, 11) is 0. The fourth-order valence-corrected chi connectivity index (χ4v) is 2.97. The van der Waals surface area contributed by atoms with Crippen LogP contribution in [0.4, 0.5) is 0 Å². The Labute approximate surface area is 102 Å². The molecule has 1 unspecified atom stereocenters. The third kappa shape index (κ3) is 3.03. The number of nitrogens with one attached hydrogen (secondary N) is 1. The van der Waals surface area contributed by atoms with Crippen LogP contribution >= 0.6 is 11.3 Å². The van der Waals surface area contributed by atoms with Gasteiger partial charge in [-0.3, -0.25) is 4.90 Å². The summed E-state index contributed by atoms with van der Waals surface area (Å²) >= 11 is 1.82. The van der Waals surface area contributed by atoms with Crippen molar-refractivity contribution >= 4 is 11.3 Å². The predicted molar refractivity (Wildman–Crippen MR) is 68.8 cm³/mol. The molecule has 16 heavy (non-hydrogen) atoms. The van der Waals surface area contributed by atoms with E-state index in [-0.39, 0.29) is 0 Å². The molecule has 2 rings (SSSR count). The zero-order valence-electron chi connectivity index (χ0n) is 10.4. The summed E-state index contributed by atoms with van der Waals surface area (Å²) in [5, 5.41) is 4.76. The summed E-state index contributed by atoms with van der Waals surface area (Å²) in [6, 6.07) is 0.641. The maximum absolute atomic E-state index is 4.31. The average molecular weight is 239 g/mol. The topological polar surface area (TPSA) is 28.2 Å². The summed E-state index contributed by atoms with van der Waals surface area (Å²) in [5.74, 6) is 0.714. The van der Waals surface area contributed by atoms with E-state index in [9.17, 15) is 0 Å². The van der Waals surface area contributed by atoms with E-state index in [0.29, 0.717) is 12.0 Å². The number of nitrogens with zero attached hydrogens (tertiary/aromatic N) is 2. The van der Waals surface area contributed by atoms with Crippen molar-refractivity contribution in [2.45, 2.75) is 33.4 Å². The van der Waals surface area contributed by atoms with Crippen LogP contribution in [0.25, 0.3) is 0 Å². The average Bonchev–Trinajstić information content (AvgIpc) is 2.64. The van der Waals surface area contributed by atoms with Gasteiger partial charge in [0.1, 0.15) is 0 Å². The first-order chi connectivity index (χ1) is 7.65. The van der Waals surface area contributed by atoms with Gasteiger partial charge in [-0.25, -0.2) is 4.98 Å². The van der Waals surface area contributed by atoms with Crippen LogP contribution in [0, 0.1) is 12.8 Å². The lowest BCUT2D eigenvalue weighted by Crippen LogP contribution is -2.52. The smallest absolute Gasteiger partial charge is 0.0897 e. The molecular formula is C12H21N3S. The first-order valence-electron chi connectivity index (χ1n) is 6.02. The van der Waals surface area contributed by atoms with Gasteiger partial charge in [-0.1, -0.05) is 13.8 Å². The molecule has 90 valence electrons. The molecule has 1 aliphatic rings. The van der Waals surface area contributed by atoms with Gasteiger partial charge in [-0.05, 0) is 12.8 Å². The summed E-state index contributed by atoms with van der Waals surface area (Å²) in [4.78, 5) is 8.24. The summed E-state index contributed by atoms with van der Waals surface area (Å²) in [5.41, 5.74) is 0. The SMILES string of the molecule is Cc1ncc(CN2CCNC(C(C)C)C2)s1. The Kier molecular flexibility index (Phi) is 3.95. The van der Waals surface area contributed by atoms with Crippen LogP contribution in [0.5, 0.6) is 0 Å². The molecule has 0 bridgehead atoms. The minimum atomic E-state index is 0.641. The zero-order valence-corrected chi connectivity index (χ0v) is 11.2. The van der Waals surface area contributed by atoms with Gasteiger partial charge in [-0.2, -0.15) is 0 Å². The predicted octanol–water partition coefficient (Wildman–Crippen LogP) is 1.88. The first-order valence-corrected chi connectivity index (χ1v) is 6.84. The summed E-state index contributed by atoms with van der Waals surface area (Å²) in [6.07, 6.45) is 2.02.